The number of rotatable bonds is 6. The largest absolute Gasteiger partial charge is 0.372 e. The van der Waals surface area contributed by atoms with E-state index in [-0.39, 0.29) is 5.91 Å². The third-order valence-corrected chi connectivity index (χ3v) is 4.01. The first-order chi connectivity index (χ1) is 11.0. The number of anilines is 2. The topological polar surface area (TPSA) is 78.9 Å². The Hall–Kier alpha value is -2.12. The van der Waals surface area contributed by atoms with Crippen LogP contribution in [0.2, 0.25) is 0 Å². The summed E-state index contributed by atoms with van der Waals surface area (Å²) >= 11 is 1.54. The van der Waals surface area contributed by atoms with Gasteiger partial charge >= 0.3 is 0 Å². The summed E-state index contributed by atoms with van der Waals surface area (Å²) in [5, 5.41) is 5.79. The summed E-state index contributed by atoms with van der Waals surface area (Å²) in [6.07, 6.45) is 3.48. The van der Waals surface area contributed by atoms with Gasteiger partial charge in [0, 0.05) is 38.0 Å². The summed E-state index contributed by atoms with van der Waals surface area (Å²) in [4.78, 5) is 20.8. The lowest BCUT2D eigenvalue weighted by Crippen LogP contribution is -2.14. The van der Waals surface area contributed by atoms with Gasteiger partial charge in [0.1, 0.15) is 11.6 Å². The van der Waals surface area contributed by atoms with Crippen LogP contribution in [0.5, 0.6) is 0 Å². The lowest BCUT2D eigenvalue weighted by molar-refractivity contribution is -0.114. The standard InChI is InChI=1S/C16H21N5OS/c1-10(2)21-23-14-7-13(9-19-16(14)17-4)12-5-6-18-15(8-12)20-11(3)22/h5-10,21H,1-4H3,(H,17,19)(H,18,20,22). The Labute approximate surface area is 140 Å². The molecule has 2 heterocycles. The first-order valence-corrected chi connectivity index (χ1v) is 8.15. The monoisotopic (exact) mass is 331 g/mol. The number of nitrogens with one attached hydrogen (secondary N) is 3. The molecule has 0 aromatic carbocycles. The molecule has 6 nitrogen and oxygen atoms in total. The molecule has 0 aliphatic rings. The molecule has 0 aliphatic carbocycles. The summed E-state index contributed by atoms with van der Waals surface area (Å²) in [5.74, 6) is 1.21. The second-order valence-corrected chi connectivity index (χ2v) is 6.19. The summed E-state index contributed by atoms with van der Waals surface area (Å²) in [7, 11) is 1.85. The smallest absolute Gasteiger partial charge is 0.222 e. The second-order valence-electron chi connectivity index (χ2n) is 5.31. The van der Waals surface area contributed by atoms with Crippen LogP contribution in [-0.2, 0) is 4.79 Å². The molecule has 23 heavy (non-hydrogen) atoms. The maximum atomic E-state index is 11.2. The zero-order chi connectivity index (χ0) is 16.8. The van der Waals surface area contributed by atoms with Gasteiger partial charge in [0.2, 0.25) is 5.91 Å². The SMILES string of the molecule is CNc1ncc(-c2ccnc(NC(C)=O)c2)cc1SNC(C)C. The van der Waals surface area contributed by atoms with Gasteiger partial charge in [-0.15, -0.1) is 0 Å². The molecule has 122 valence electrons. The van der Waals surface area contributed by atoms with Crippen molar-refractivity contribution in [1.82, 2.24) is 14.7 Å². The van der Waals surface area contributed by atoms with Crippen molar-refractivity contribution in [2.24, 2.45) is 0 Å². The number of pyridine rings is 2. The van der Waals surface area contributed by atoms with E-state index in [9.17, 15) is 4.79 Å². The molecule has 0 fully saturated rings. The number of aromatic nitrogens is 2. The van der Waals surface area contributed by atoms with Crippen LogP contribution in [0.4, 0.5) is 11.6 Å². The highest BCUT2D eigenvalue weighted by Gasteiger charge is 2.09. The predicted octanol–water partition coefficient (Wildman–Crippen LogP) is 3.15. The Kier molecular flexibility index (Phi) is 5.95. The molecule has 3 N–H and O–H groups in total. The Morgan fingerprint density at radius 2 is 2.00 bits per heavy atom. The normalized spacial score (nSPS) is 10.7. The molecule has 0 bridgehead atoms. The van der Waals surface area contributed by atoms with Crippen LogP contribution in [0, 0.1) is 0 Å². The van der Waals surface area contributed by atoms with Crippen molar-refractivity contribution in [2.45, 2.75) is 31.7 Å². The number of hydrogen-bond acceptors (Lipinski definition) is 6. The highest BCUT2D eigenvalue weighted by Crippen LogP contribution is 2.29. The maximum Gasteiger partial charge on any atom is 0.222 e. The number of hydrogen-bond donors (Lipinski definition) is 3. The fourth-order valence-electron chi connectivity index (χ4n) is 1.91. The van der Waals surface area contributed by atoms with E-state index in [0.29, 0.717) is 11.9 Å². The van der Waals surface area contributed by atoms with Gasteiger partial charge in [-0.2, -0.15) is 0 Å². The quantitative estimate of drug-likeness (QED) is 0.706. The van der Waals surface area contributed by atoms with Crippen LogP contribution in [0.3, 0.4) is 0 Å². The number of amides is 1. The highest BCUT2D eigenvalue weighted by molar-refractivity contribution is 7.97. The first kappa shape index (κ1) is 17.2. The minimum Gasteiger partial charge on any atom is -0.372 e. The summed E-state index contributed by atoms with van der Waals surface area (Å²) in [6.45, 7) is 5.64. The van der Waals surface area contributed by atoms with Crippen molar-refractivity contribution < 1.29 is 4.79 Å². The van der Waals surface area contributed by atoms with Gasteiger partial charge in [-0.3, -0.25) is 9.52 Å². The molecule has 2 aromatic rings. The van der Waals surface area contributed by atoms with Crippen molar-refractivity contribution in [3.63, 3.8) is 0 Å². The average Bonchev–Trinajstić information content (AvgIpc) is 2.52. The van der Waals surface area contributed by atoms with Crippen LogP contribution in [-0.4, -0.2) is 29.0 Å². The highest BCUT2D eigenvalue weighted by atomic mass is 32.2. The van der Waals surface area contributed by atoms with Gasteiger partial charge in [0.15, 0.2) is 0 Å². The zero-order valence-electron chi connectivity index (χ0n) is 13.7. The van der Waals surface area contributed by atoms with Crippen LogP contribution in [0.25, 0.3) is 11.1 Å². The zero-order valence-corrected chi connectivity index (χ0v) is 14.5. The van der Waals surface area contributed by atoms with E-state index in [1.165, 1.54) is 6.92 Å². The van der Waals surface area contributed by atoms with Crippen LogP contribution >= 0.6 is 11.9 Å². The van der Waals surface area contributed by atoms with E-state index in [1.807, 2.05) is 19.2 Å². The van der Waals surface area contributed by atoms with Crippen molar-refractivity contribution in [3.8, 4) is 11.1 Å². The Balaban J connectivity index is 2.32. The van der Waals surface area contributed by atoms with Crippen molar-refractivity contribution in [3.05, 3.63) is 30.6 Å². The molecule has 0 spiro atoms. The number of nitrogens with zero attached hydrogens (tertiary/aromatic N) is 2. The van der Waals surface area contributed by atoms with Crippen molar-refractivity contribution in [1.29, 1.82) is 0 Å². The average molecular weight is 331 g/mol. The molecule has 1 amide bonds. The fraction of sp³-hybridized carbons (Fsp3) is 0.312. The second kappa shape index (κ2) is 7.94. The number of carbonyl (C=O) groups excluding carboxylic acids is 1. The van der Waals surface area contributed by atoms with Crippen LogP contribution in [0.1, 0.15) is 20.8 Å². The summed E-state index contributed by atoms with van der Waals surface area (Å²) in [6, 6.07) is 6.15. The van der Waals surface area contributed by atoms with Gasteiger partial charge in [-0.1, -0.05) is 0 Å². The molecule has 7 heteroatoms. The lowest BCUT2D eigenvalue weighted by atomic mass is 10.1. The molecule has 2 aromatic heterocycles. The molecule has 0 radical (unpaired) electrons. The molecule has 0 saturated heterocycles. The Bertz CT molecular complexity index is 690. The Morgan fingerprint density at radius 3 is 2.65 bits per heavy atom. The van der Waals surface area contributed by atoms with Gasteiger partial charge in [-0.25, -0.2) is 9.97 Å². The van der Waals surface area contributed by atoms with Gasteiger partial charge < -0.3 is 10.6 Å². The third kappa shape index (κ3) is 4.94. The van der Waals surface area contributed by atoms with Gasteiger partial charge in [0.05, 0.1) is 4.90 Å². The molecule has 0 unspecified atom stereocenters. The molecule has 0 saturated carbocycles. The fourth-order valence-corrected chi connectivity index (χ4v) is 2.71. The van der Waals surface area contributed by atoms with E-state index in [0.717, 1.165) is 21.8 Å². The van der Waals surface area contributed by atoms with Crippen LogP contribution in [0.15, 0.2) is 35.5 Å². The van der Waals surface area contributed by atoms with E-state index in [2.05, 4.69) is 45.2 Å². The van der Waals surface area contributed by atoms with Crippen molar-refractivity contribution >= 4 is 29.5 Å². The van der Waals surface area contributed by atoms with Gasteiger partial charge in [-0.05, 0) is 49.6 Å². The van der Waals surface area contributed by atoms with Gasteiger partial charge in [0.25, 0.3) is 0 Å². The van der Waals surface area contributed by atoms with E-state index >= 15 is 0 Å². The molecule has 0 atom stereocenters. The van der Waals surface area contributed by atoms with Crippen LogP contribution < -0.4 is 15.4 Å². The Morgan fingerprint density at radius 1 is 1.22 bits per heavy atom. The van der Waals surface area contributed by atoms with E-state index in [1.54, 1.807) is 24.3 Å². The minimum absolute atomic E-state index is 0.143. The molecular formula is C16H21N5OS. The number of carbonyl (C=O) groups is 1. The van der Waals surface area contributed by atoms with E-state index in [4.69, 9.17) is 0 Å². The lowest BCUT2D eigenvalue weighted by Gasteiger charge is -2.12. The molecule has 2 rings (SSSR count). The summed E-state index contributed by atoms with van der Waals surface area (Å²) < 4.78 is 3.32. The summed E-state index contributed by atoms with van der Waals surface area (Å²) in [5.41, 5.74) is 1.91. The predicted molar refractivity (Wildman–Crippen MR) is 95.4 cm³/mol. The third-order valence-electron chi connectivity index (χ3n) is 2.89. The molecule has 0 aliphatic heterocycles. The minimum atomic E-state index is -0.143. The maximum absolute atomic E-state index is 11.2. The first-order valence-electron chi connectivity index (χ1n) is 7.33. The van der Waals surface area contributed by atoms with E-state index < -0.39 is 0 Å². The molecular weight excluding hydrogens is 310 g/mol. The van der Waals surface area contributed by atoms with Crippen molar-refractivity contribution in [2.75, 3.05) is 17.7 Å².